The van der Waals surface area contributed by atoms with Crippen molar-refractivity contribution in [2.75, 3.05) is 20.1 Å². The summed E-state index contributed by atoms with van der Waals surface area (Å²) in [6, 6.07) is 6.67. The van der Waals surface area contributed by atoms with E-state index in [1.165, 1.54) is 12.8 Å². The van der Waals surface area contributed by atoms with Gasteiger partial charge in [-0.25, -0.2) is 9.97 Å². The summed E-state index contributed by atoms with van der Waals surface area (Å²) in [5.41, 5.74) is 0.840. The van der Waals surface area contributed by atoms with Gasteiger partial charge in [0.2, 0.25) is 0 Å². The van der Waals surface area contributed by atoms with Crippen molar-refractivity contribution >= 4 is 5.91 Å². The van der Waals surface area contributed by atoms with Crippen LogP contribution in [0.1, 0.15) is 41.6 Å². The van der Waals surface area contributed by atoms with Gasteiger partial charge in [0.1, 0.15) is 11.5 Å². The first kappa shape index (κ1) is 15.3. The summed E-state index contributed by atoms with van der Waals surface area (Å²) in [6.45, 7) is 2.31. The molecule has 6 heteroatoms. The lowest BCUT2D eigenvalue weighted by molar-refractivity contribution is 0.0768. The first-order chi connectivity index (χ1) is 11.7. The molecule has 0 aromatic carbocycles. The maximum absolute atomic E-state index is 12.8. The van der Waals surface area contributed by atoms with Gasteiger partial charge in [0.15, 0.2) is 0 Å². The fourth-order valence-electron chi connectivity index (χ4n) is 3.46. The second kappa shape index (κ2) is 6.36. The van der Waals surface area contributed by atoms with Crippen molar-refractivity contribution in [1.29, 1.82) is 0 Å². The van der Waals surface area contributed by atoms with Gasteiger partial charge in [-0.2, -0.15) is 0 Å². The fourth-order valence-corrected chi connectivity index (χ4v) is 3.46. The second-order valence-corrected chi connectivity index (χ2v) is 6.81. The number of carbonyl (C=O) groups is 1. The van der Waals surface area contributed by atoms with Crippen molar-refractivity contribution in [2.45, 2.75) is 37.9 Å². The molecule has 1 atom stereocenters. The predicted molar refractivity (Wildman–Crippen MR) is 90.5 cm³/mol. The normalized spacial score (nSPS) is 20.8. The molecule has 24 heavy (non-hydrogen) atoms. The van der Waals surface area contributed by atoms with Gasteiger partial charge in [-0.1, -0.05) is 0 Å². The molecule has 126 valence electrons. The quantitative estimate of drug-likeness (QED) is 0.843. The van der Waals surface area contributed by atoms with Crippen molar-refractivity contribution < 1.29 is 4.79 Å². The Labute approximate surface area is 142 Å². The summed E-state index contributed by atoms with van der Waals surface area (Å²) in [4.78, 5) is 25.7. The third kappa shape index (κ3) is 3.06. The lowest BCUT2D eigenvalue weighted by Crippen LogP contribution is -2.37. The molecule has 3 heterocycles. The molecule has 4 rings (SSSR count). The summed E-state index contributed by atoms with van der Waals surface area (Å²) in [7, 11) is 2.09. The van der Waals surface area contributed by atoms with Crippen molar-refractivity contribution in [3.8, 4) is 0 Å². The number of carbonyl (C=O) groups excluding carboxylic acids is 1. The minimum absolute atomic E-state index is 0.166. The zero-order chi connectivity index (χ0) is 16.5. The molecule has 2 aromatic rings. The Kier molecular flexibility index (Phi) is 4.06. The topological polar surface area (TPSA) is 54.3 Å². The van der Waals surface area contributed by atoms with Gasteiger partial charge in [-0.15, -0.1) is 0 Å². The number of hydrogen-bond acceptors (Lipinski definition) is 4. The van der Waals surface area contributed by atoms with Gasteiger partial charge in [-0.05, 0) is 44.5 Å². The summed E-state index contributed by atoms with van der Waals surface area (Å²) in [5, 5.41) is 0. The molecule has 0 spiro atoms. The second-order valence-electron chi connectivity index (χ2n) is 6.81. The van der Waals surface area contributed by atoms with Gasteiger partial charge in [0, 0.05) is 43.8 Å². The lowest BCUT2D eigenvalue weighted by Gasteiger charge is -2.24. The molecule has 0 unspecified atom stereocenters. The molecule has 6 nitrogen and oxygen atoms in total. The van der Waals surface area contributed by atoms with Crippen LogP contribution >= 0.6 is 0 Å². The molecule has 1 saturated carbocycles. The number of hydrogen-bond donors (Lipinski definition) is 0. The third-order valence-corrected chi connectivity index (χ3v) is 5.02. The summed E-state index contributed by atoms with van der Waals surface area (Å²) >= 11 is 0. The first-order valence-electron chi connectivity index (χ1n) is 8.64. The Hall–Kier alpha value is -2.21. The van der Waals surface area contributed by atoms with Crippen LogP contribution in [-0.4, -0.2) is 56.4 Å². The summed E-state index contributed by atoms with van der Waals surface area (Å²) in [6.07, 6.45) is 8.96. The number of aromatic nitrogens is 3. The van der Waals surface area contributed by atoms with Crippen LogP contribution < -0.4 is 0 Å². The van der Waals surface area contributed by atoms with E-state index in [2.05, 4.69) is 26.5 Å². The van der Waals surface area contributed by atoms with Crippen LogP contribution in [0.3, 0.4) is 0 Å². The highest BCUT2D eigenvalue weighted by atomic mass is 16.2. The van der Waals surface area contributed by atoms with Gasteiger partial charge >= 0.3 is 0 Å². The highest BCUT2D eigenvalue weighted by molar-refractivity contribution is 5.93. The Morgan fingerprint density at radius 3 is 2.79 bits per heavy atom. The fraction of sp³-hybridized carbons (Fsp3) is 0.500. The van der Waals surface area contributed by atoms with Crippen LogP contribution in [0.15, 0.2) is 36.8 Å². The Balaban J connectivity index is 1.39. The molecule has 1 amide bonds. The Bertz CT molecular complexity index is 709. The zero-order valence-corrected chi connectivity index (χ0v) is 14.0. The van der Waals surface area contributed by atoms with Crippen LogP contribution in [-0.2, 0) is 6.54 Å². The number of likely N-dealkylation sites (tertiary alicyclic amines) is 1. The van der Waals surface area contributed by atoms with Crippen LogP contribution in [0.5, 0.6) is 0 Å². The van der Waals surface area contributed by atoms with E-state index in [-0.39, 0.29) is 5.91 Å². The SMILES string of the molecule is CN(Cc1ncccn1)[C@H]1CCN(C(=O)c2cccn2C2CC2)C1. The maximum atomic E-state index is 12.8. The molecular weight excluding hydrogens is 302 g/mol. The van der Waals surface area contributed by atoms with Crippen molar-refractivity contribution in [1.82, 2.24) is 24.3 Å². The van der Waals surface area contributed by atoms with Crippen molar-refractivity contribution in [3.05, 3.63) is 48.3 Å². The van der Waals surface area contributed by atoms with E-state index in [1.54, 1.807) is 12.4 Å². The molecule has 1 aliphatic heterocycles. The minimum atomic E-state index is 0.166. The Morgan fingerprint density at radius 1 is 1.25 bits per heavy atom. The largest absolute Gasteiger partial charge is 0.340 e. The smallest absolute Gasteiger partial charge is 0.270 e. The van der Waals surface area contributed by atoms with Gasteiger partial charge < -0.3 is 9.47 Å². The highest BCUT2D eigenvalue weighted by Crippen LogP contribution is 2.36. The molecule has 1 saturated heterocycles. The van der Waals surface area contributed by atoms with Crippen LogP contribution in [0.25, 0.3) is 0 Å². The van der Waals surface area contributed by atoms with E-state index in [1.807, 2.05) is 29.3 Å². The average Bonchev–Trinajstić information content (AvgIpc) is 3.13. The van der Waals surface area contributed by atoms with Gasteiger partial charge in [0.25, 0.3) is 5.91 Å². The first-order valence-corrected chi connectivity index (χ1v) is 8.64. The maximum Gasteiger partial charge on any atom is 0.270 e. The molecule has 1 aliphatic carbocycles. The Morgan fingerprint density at radius 2 is 2.04 bits per heavy atom. The van der Waals surface area contributed by atoms with E-state index in [0.717, 1.165) is 31.0 Å². The van der Waals surface area contributed by atoms with Crippen molar-refractivity contribution in [3.63, 3.8) is 0 Å². The van der Waals surface area contributed by atoms with E-state index in [4.69, 9.17) is 0 Å². The third-order valence-electron chi connectivity index (χ3n) is 5.02. The average molecular weight is 325 g/mol. The molecule has 2 fully saturated rings. The highest BCUT2D eigenvalue weighted by Gasteiger charge is 2.33. The van der Waals surface area contributed by atoms with Gasteiger partial charge in [-0.3, -0.25) is 9.69 Å². The predicted octanol–water partition coefficient (Wildman–Crippen LogP) is 1.96. The molecule has 0 N–H and O–H groups in total. The number of amides is 1. The summed E-state index contributed by atoms with van der Waals surface area (Å²) < 4.78 is 2.15. The van der Waals surface area contributed by atoms with Crippen LogP contribution in [0.4, 0.5) is 0 Å². The minimum Gasteiger partial charge on any atom is -0.340 e. The standard InChI is InChI=1S/C18H23N5O/c1-21(13-17-19-8-3-9-20-17)15-7-11-22(12-15)18(24)16-4-2-10-23(16)14-5-6-14/h2-4,8-10,14-15H,5-7,11-13H2,1H3/t15-/m0/s1. The van der Waals surface area contributed by atoms with Gasteiger partial charge in [0.05, 0.1) is 6.54 Å². The molecule has 2 aliphatic rings. The van der Waals surface area contributed by atoms with E-state index >= 15 is 0 Å². The zero-order valence-electron chi connectivity index (χ0n) is 14.0. The van der Waals surface area contributed by atoms with Crippen LogP contribution in [0, 0.1) is 0 Å². The van der Waals surface area contributed by atoms with Crippen LogP contribution in [0.2, 0.25) is 0 Å². The molecule has 0 radical (unpaired) electrons. The monoisotopic (exact) mass is 325 g/mol. The molecule has 0 bridgehead atoms. The summed E-state index contributed by atoms with van der Waals surface area (Å²) in [5.74, 6) is 0.992. The number of likely N-dealkylation sites (N-methyl/N-ethyl adjacent to an activating group) is 1. The van der Waals surface area contributed by atoms with E-state index in [9.17, 15) is 4.79 Å². The lowest BCUT2D eigenvalue weighted by atomic mass is 10.2. The molecule has 2 aromatic heterocycles. The number of rotatable bonds is 5. The number of nitrogens with zero attached hydrogens (tertiary/aromatic N) is 5. The molecular formula is C18H23N5O. The van der Waals surface area contributed by atoms with E-state index < -0.39 is 0 Å². The van der Waals surface area contributed by atoms with Crippen molar-refractivity contribution in [2.24, 2.45) is 0 Å². The van der Waals surface area contributed by atoms with E-state index in [0.29, 0.717) is 18.6 Å².